The highest BCUT2D eigenvalue weighted by atomic mass is 79.9. The SMILES string of the molecule is CCC(=Cc1cc(Br)ccc1F)CCl. The number of allylic oxidation sites excluding steroid dienone is 1. The fourth-order valence-electron chi connectivity index (χ4n) is 1.08. The Kier molecular flexibility index (Phi) is 4.63. The lowest BCUT2D eigenvalue weighted by Crippen LogP contribution is -1.86. The van der Waals surface area contributed by atoms with Gasteiger partial charge in [0.25, 0.3) is 0 Å². The Morgan fingerprint density at radius 2 is 2.29 bits per heavy atom. The van der Waals surface area contributed by atoms with Crippen LogP contribution in [0, 0.1) is 5.82 Å². The van der Waals surface area contributed by atoms with Crippen molar-refractivity contribution < 1.29 is 4.39 Å². The van der Waals surface area contributed by atoms with Crippen molar-refractivity contribution in [1.82, 2.24) is 0 Å². The Labute approximate surface area is 96.9 Å². The molecule has 0 N–H and O–H groups in total. The molecule has 0 unspecified atom stereocenters. The van der Waals surface area contributed by atoms with E-state index in [2.05, 4.69) is 15.9 Å². The third kappa shape index (κ3) is 3.10. The summed E-state index contributed by atoms with van der Waals surface area (Å²) in [6.07, 6.45) is 2.64. The lowest BCUT2D eigenvalue weighted by Gasteiger charge is -2.01. The second-order valence-corrected chi connectivity index (χ2v) is 4.14. The first-order chi connectivity index (χ1) is 6.67. The van der Waals surface area contributed by atoms with Gasteiger partial charge in [-0.1, -0.05) is 34.5 Å². The Hall–Kier alpha value is -0.340. The van der Waals surface area contributed by atoms with Gasteiger partial charge in [0, 0.05) is 15.9 Å². The van der Waals surface area contributed by atoms with Gasteiger partial charge in [-0.25, -0.2) is 4.39 Å². The van der Waals surface area contributed by atoms with Gasteiger partial charge in [-0.05, 0) is 24.6 Å². The summed E-state index contributed by atoms with van der Waals surface area (Å²) in [5, 5.41) is 0. The number of hydrogen-bond acceptors (Lipinski definition) is 0. The number of rotatable bonds is 3. The Balaban J connectivity index is 3.06. The summed E-state index contributed by atoms with van der Waals surface area (Å²) in [5.41, 5.74) is 1.61. The van der Waals surface area contributed by atoms with Gasteiger partial charge in [-0.2, -0.15) is 0 Å². The van der Waals surface area contributed by atoms with E-state index in [1.807, 2.05) is 6.92 Å². The highest BCUT2D eigenvalue weighted by molar-refractivity contribution is 9.10. The summed E-state index contributed by atoms with van der Waals surface area (Å²) < 4.78 is 14.2. The minimum Gasteiger partial charge on any atom is -0.206 e. The van der Waals surface area contributed by atoms with E-state index in [0.29, 0.717) is 11.4 Å². The predicted molar refractivity (Wildman–Crippen MR) is 63.1 cm³/mol. The van der Waals surface area contributed by atoms with E-state index in [0.717, 1.165) is 16.5 Å². The highest BCUT2D eigenvalue weighted by Crippen LogP contribution is 2.19. The second kappa shape index (κ2) is 5.52. The quantitative estimate of drug-likeness (QED) is 0.707. The van der Waals surface area contributed by atoms with Gasteiger partial charge in [0.2, 0.25) is 0 Å². The van der Waals surface area contributed by atoms with Crippen molar-refractivity contribution in [3.05, 3.63) is 39.6 Å². The standard InChI is InChI=1S/C11H11BrClF/c1-2-8(7-13)5-9-6-10(12)3-4-11(9)14/h3-6H,2,7H2,1H3. The van der Waals surface area contributed by atoms with Gasteiger partial charge in [0.05, 0.1) is 0 Å². The molecule has 0 spiro atoms. The third-order valence-electron chi connectivity index (χ3n) is 1.94. The van der Waals surface area contributed by atoms with Crippen LogP contribution in [0.15, 0.2) is 28.2 Å². The molecule has 0 fully saturated rings. The molecule has 1 rings (SSSR count). The molecule has 0 saturated carbocycles. The highest BCUT2D eigenvalue weighted by Gasteiger charge is 2.01. The lowest BCUT2D eigenvalue weighted by atomic mass is 10.1. The molecule has 3 heteroatoms. The zero-order valence-corrected chi connectivity index (χ0v) is 10.2. The average molecular weight is 278 g/mol. The molecule has 0 heterocycles. The number of halogens is 3. The van der Waals surface area contributed by atoms with Crippen LogP contribution in [0.1, 0.15) is 18.9 Å². The molecule has 0 bridgehead atoms. The van der Waals surface area contributed by atoms with Crippen LogP contribution in [0.3, 0.4) is 0 Å². The molecule has 0 aliphatic carbocycles. The minimum absolute atomic E-state index is 0.218. The minimum atomic E-state index is -0.218. The van der Waals surface area contributed by atoms with Crippen molar-refractivity contribution in [2.24, 2.45) is 0 Å². The van der Waals surface area contributed by atoms with E-state index in [9.17, 15) is 4.39 Å². The summed E-state index contributed by atoms with van der Waals surface area (Å²) in [4.78, 5) is 0. The Morgan fingerprint density at radius 1 is 1.57 bits per heavy atom. The van der Waals surface area contributed by atoms with Crippen LogP contribution in [0.25, 0.3) is 6.08 Å². The van der Waals surface area contributed by atoms with Crippen molar-refractivity contribution in [1.29, 1.82) is 0 Å². The van der Waals surface area contributed by atoms with Gasteiger partial charge in [0.1, 0.15) is 5.82 Å². The van der Waals surface area contributed by atoms with Crippen LogP contribution >= 0.6 is 27.5 Å². The summed E-state index contributed by atoms with van der Waals surface area (Å²) in [6.45, 7) is 2.00. The average Bonchev–Trinajstić information content (AvgIpc) is 2.19. The molecule has 0 atom stereocenters. The first-order valence-corrected chi connectivity index (χ1v) is 5.70. The smallest absolute Gasteiger partial charge is 0.130 e. The van der Waals surface area contributed by atoms with Crippen LogP contribution in [-0.2, 0) is 0 Å². The number of benzene rings is 1. The number of hydrogen-bond donors (Lipinski definition) is 0. The topological polar surface area (TPSA) is 0 Å². The van der Waals surface area contributed by atoms with E-state index in [1.54, 1.807) is 18.2 Å². The molecule has 0 aliphatic heterocycles. The fraction of sp³-hybridized carbons (Fsp3) is 0.273. The van der Waals surface area contributed by atoms with Crippen molar-refractivity contribution >= 4 is 33.6 Å². The molecule has 14 heavy (non-hydrogen) atoms. The van der Waals surface area contributed by atoms with Gasteiger partial charge >= 0.3 is 0 Å². The van der Waals surface area contributed by atoms with Crippen molar-refractivity contribution in [3.8, 4) is 0 Å². The predicted octanol–water partition coefficient (Wildman–Crippen LogP) is 4.62. The van der Waals surface area contributed by atoms with Crippen LogP contribution in [0.4, 0.5) is 4.39 Å². The molecule has 0 aromatic heterocycles. The molecule has 1 aromatic carbocycles. The maximum Gasteiger partial charge on any atom is 0.130 e. The molecular weight excluding hydrogens is 266 g/mol. The first kappa shape index (κ1) is 11.7. The van der Waals surface area contributed by atoms with Gasteiger partial charge in [-0.3, -0.25) is 0 Å². The van der Waals surface area contributed by atoms with E-state index >= 15 is 0 Å². The molecule has 0 saturated heterocycles. The van der Waals surface area contributed by atoms with Crippen LogP contribution < -0.4 is 0 Å². The van der Waals surface area contributed by atoms with Crippen molar-refractivity contribution in [2.45, 2.75) is 13.3 Å². The van der Waals surface area contributed by atoms with Gasteiger partial charge in [-0.15, -0.1) is 11.6 Å². The van der Waals surface area contributed by atoms with E-state index in [-0.39, 0.29) is 5.82 Å². The number of alkyl halides is 1. The molecule has 1 aromatic rings. The summed E-state index contributed by atoms with van der Waals surface area (Å²) in [5.74, 6) is 0.229. The summed E-state index contributed by atoms with van der Waals surface area (Å²) >= 11 is 9.01. The van der Waals surface area contributed by atoms with Crippen LogP contribution in [-0.4, -0.2) is 5.88 Å². The lowest BCUT2D eigenvalue weighted by molar-refractivity contribution is 0.624. The second-order valence-electron chi connectivity index (χ2n) is 2.96. The normalized spacial score (nSPS) is 11.9. The van der Waals surface area contributed by atoms with E-state index < -0.39 is 0 Å². The monoisotopic (exact) mass is 276 g/mol. The molecule has 0 amide bonds. The summed E-state index contributed by atoms with van der Waals surface area (Å²) in [6, 6.07) is 4.87. The molecule has 76 valence electrons. The van der Waals surface area contributed by atoms with Gasteiger partial charge in [0.15, 0.2) is 0 Å². The fourth-order valence-corrected chi connectivity index (χ4v) is 1.73. The maximum atomic E-state index is 13.3. The zero-order valence-electron chi connectivity index (χ0n) is 7.86. The largest absolute Gasteiger partial charge is 0.206 e. The molecule has 0 aliphatic rings. The van der Waals surface area contributed by atoms with Crippen molar-refractivity contribution in [3.63, 3.8) is 0 Å². The van der Waals surface area contributed by atoms with E-state index in [4.69, 9.17) is 11.6 Å². The van der Waals surface area contributed by atoms with Crippen molar-refractivity contribution in [2.75, 3.05) is 5.88 Å². The maximum absolute atomic E-state index is 13.3. The van der Waals surface area contributed by atoms with Crippen LogP contribution in [0.5, 0.6) is 0 Å². The Morgan fingerprint density at radius 3 is 2.86 bits per heavy atom. The summed E-state index contributed by atoms with van der Waals surface area (Å²) in [7, 11) is 0. The zero-order chi connectivity index (χ0) is 10.6. The molecule has 0 radical (unpaired) electrons. The van der Waals surface area contributed by atoms with E-state index in [1.165, 1.54) is 6.07 Å². The molecule has 0 nitrogen and oxygen atoms in total. The first-order valence-electron chi connectivity index (χ1n) is 4.37. The van der Waals surface area contributed by atoms with Crippen LogP contribution in [0.2, 0.25) is 0 Å². The third-order valence-corrected chi connectivity index (χ3v) is 2.78. The Bertz CT molecular complexity index is 341. The molecular formula is C11H11BrClF. The van der Waals surface area contributed by atoms with Gasteiger partial charge < -0.3 is 0 Å².